The normalized spacial score (nSPS) is 15.1. The molecule has 7 nitrogen and oxygen atoms in total. The first-order valence-corrected chi connectivity index (χ1v) is 6.66. The number of rotatable bonds is 6. The third-order valence-electron chi connectivity index (χ3n) is 3.06. The molecule has 118 valence electrons. The zero-order valence-electron chi connectivity index (χ0n) is 12.7. The number of furan rings is 1. The van der Waals surface area contributed by atoms with Crippen molar-refractivity contribution in [3.8, 4) is 0 Å². The Kier molecular flexibility index (Phi) is 5.37. The van der Waals surface area contributed by atoms with E-state index < -0.39 is 24.0 Å². The van der Waals surface area contributed by atoms with Gasteiger partial charge in [0.2, 0.25) is 0 Å². The summed E-state index contributed by atoms with van der Waals surface area (Å²) in [4.78, 5) is 22.3. The topological polar surface area (TPSA) is 112 Å². The van der Waals surface area contributed by atoms with Gasteiger partial charge in [0.25, 0.3) is 0 Å². The van der Waals surface area contributed by atoms with Crippen molar-refractivity contribution in [1.29, 1.82) is 0 Å². The van der Waals surface area contributed by atoms with Crippen LogP contribution in [-0.2, 0) is 4.79 Å². The van der Waals surface area contributed by atoms with Gasteiger partial charge in [-0.05, 0) is 33.8 Å². The number of aliphatic hydroxyl groups is 1. The number of aliphatic carboxylic acids is 1. The van der Waals surface area contributed by atoms with Crippen LogP contribution in [0.2, 0.25) is 0 Å². The number of carbonyl (C=O) groups is 2. The Hall–Kier alpha value is -2.02. The van der Waals surface area contributed by atoms with Crippen molar-refractivity contribution in [3.63, 3.8) is 0 Å². The fourth-order valence-electron chi connectivity index (χ4n) is 2.06. The van der Waals surface area contributed by atoms with Crippen molar-refractivity contribution >= 4 is 12.0 Å². The Bertz CT molecular complexity index is 521. The molecular formula is C14H22N2O5. The molecule has 0 aliphatic carbocycles. The molecule has 0 bridgehead atoms. The van der Waals surface area contributed by atoms with E-state index in [1.165, 1.54) is 6.92 Å². The summed E-state index contributed by atoms with van der Waals surface area (Å²) in [5, 5.41) is 23.6. The van der Waals surface area contributed by atoms with Crippen LogP contribution in [0, 0.1) is 13.8 Å². The molecule has 1 rings (SSSR count). The molecule has 0 spiro atoms. The average Bonchev–Trinajstić information content (AvgIpc) is 2.64. The maximum Gasteiger partial charge on any atom is 0.315 e. The van der Waals surface area contributed by atoms with E-state index in [-0.39, 0.29) is 12.6 Å². The molecule has 1 aromatic heterocycles. The highest BCUT2D eigenvalue weighted by atomic mass is 16.4. The van der Waals surface area contributed by atoms with Gasteiger partial charge >= 0.3 is 12.0 Å². The van der Waals surface area contributed by atoms with E-state index in [4.69, 9.17) is 9.52 Å². The monoisotopic (exact) mass is 298 g/mol. The predicted octanol–water partition coefficient (Wildman–Crippen LogP) is 1.48. The zero-order chi connectivity index (χ0) is 16.2. The van der Waals surface area contributed by atoms with Crippen LogP contribution < -0.4 is 10.6 Å². The molecule has 0 radical (unpaired) electrons. The molecule has 0 saturated carbocycles. The Morgan fingerprint density at radius 2 is 2.05 bits per heavy atom. The Morgan fingerprint density at radius 1 is 1.43 bits per heavy atom. The number of urea groups is 1. The number of carboxylic acid groups (broad SMARTS) is 1. The first-order chi connectivity index (χ1) is 9.60. The SMILES string of the molecule is Cc1cc(C(C)NC(=O)NCC(C)(O)CC(=O)O)c(C)o1. The molecule has 21 heavy (non-hydrogen) atoms. The van der Waals surface area contributed by atoms with Crippen LogP contribution >= 0.6 is 0 Å². The number of nitrogens with one attached hydrogen (secondary N) is 2. The fraction of sp³-hybridized carbons (Fsp3) is 0.571. The fourth-order valence-corrected chi connectivity index (χ4v) is 2.06. The van der Waals surface area contributed by atoms with Crippen LogP contribution in [0.15, 0.2) is 10.5 Å². The highest BCUT2D eigenvalue weighted by molar-refractivity contribution is 5.74. The van der Waals surface area contributed by atoms with Gasteiger partial charge in [-0.25, -0.2) is 4.79 Å². The Morgan fingerprint density at radius 3 is 2.52 bits per heavy atom. The number of hydrogen-bond donors (Lipinski definition) is 4. The second-order valence-electron chi connectivity index (χ2n) is 5.48. The van der Waals surface area contributed by atoms with Gasteiger partial charge in [-0.3, -0.25) is 4.79 Å². The molecule has 1 aromatic rings. The summed E-state index contributed by atoms with van der Waals surface area (Å²) in [7, 11) is 0. The molecule has 0 fully saturated rings. The molecule has 0 aromatic carbocycles. The Labute approximate surface area is 123 Å². The summed E-state index contributed by atoms with van der Waals surface area (Å²) in [6.07, 6.45) is -0.442. The molecule has 1 heterocycles. The summed E-state index contributed by atoms with van der Waals surface area (Å²) in [5.41, 5.74) is -0.617. The molecule has 2 amide bonds. The lowest BCUT2D eigenvalue weighted by Crippen LogP contribution is -2.46. The first kappa shape index (κ1) is 17.0. The molecule has 2 atom stereocenters. The van der Waals surface area contributed by atoms with Gasteiger partial charge in [0, 0.05) is 12.1 Å². The van der Waals surface area contributed by atoms with Crippen LogP contribution in [0.4, 0.5) is 4.79 Å². The van der Waals surface area contributed by atoms with Crippen molar-refractivity contribution < 1.29 is 24.2 Å². The van der Waals surface area contributed by atoms with Crippen LogP contribution in [0.3, 0.4) is 0 Å². The van der Waals surface area contributed by atoms with E-state index >= 15 is 0 Å². The summed E-state index contributed by atoms with van der Waals surface area (Å²) >= 11 is 0. The predicted molar refractivity (Wildman–Crippen MR) is 76.0 cm³/mol. The summed E-state index contributed by atoms with van der Waals surface area (Å²) in [6, 6.07) is 1.11. The number of hydrogen-bond acceptors (Lipinski definition) is 4. The van der Waals surface area contributed by atoms with Gasteiger partial charge in [-0.15, -0.1) is 0 Å². The molecule has 7 heteroatoms. The number of carbonyl (C=O) groups excluding carboxylic acids is 1. The minimum Gasteiger partial charge on any atom is -0.481 e. The molecule has 0 aliphatic rings. The maximum absolute atomic E-state index is 11.8. The molecular weight excluding hydrogens is 276 g/mol. The standard InChI is InChI=1S/C14H22N2O5/c1-8-5-11(10(3)21-8)9(2)16-13(19)15-7-14(4,20)6-12(17)18/h5,9,20H,6-7H2,1-4H3,(H,17,18)(H2,15,16,19). The van der Waals surface area contributed by atoms with E-state index in [0.717, 1.165) is 17.1 Å². The van der Waals surface area contributed by atoms with Crippen molar-refractivity contribution in [3.05, 3.63) is 23.2 Å². The smallest absolute Gasteiger partial charge is 0.315 e. The van der Waals surface area contributed by atoms with Gasteiger partial charge in [-0.1, -0.05) is 0 Å². The van der Waals surface area contributed by atoms with Crippen molar-refractivity contribution in [2.75, 3.05) is 6.54 Å². The number of carboxylic acids is 1. The van der Waals surface area contributed by atoms with Crippen LogP contribution in [0.5, 0.6) is 0 Å². The average molecular weight is 298 g/mol. The van der Waals surface area contributed by atoms with Crippen LogP contribution in [0.1, 0.15) is 43.4 Å². The van der Waals surface area contributed by atoms with Crippen LogP contribution in [-0.4, -0.2) is 34.4 Å². The Balaban J connectivity index is 2.50. The first-order valence-electron chi connectivity index (χ1n) is 6.66. The van der Waals surface area contributed by atoms with Gasteiger partial charge in [0.05, 0.1) is 18.1 Å². The summed E-state index contributed by atoms with van der Waals surface area (Å²) in [6.45, 7) is 6.66. The lowest BCUT2D eigenvalue weighted by atomic mass is 10.0. The minimum atomic E-state index is -1.49. The van der Waals surface area contributed by atoms with Crippen molar-refractivity contribution in [2.24, 2.45) is 0 Å². The highest BCUT2D eigenvalue weighted by Gasteiger charge is 2.25. The van der Waals surface area contributed by atoms with Gasteiger partial charge in [0.15, 0.2) is 0 Å². The second kappa shape index (κ2) is 6.62. The van der Waals surface area contributed by atoms with Gasteiger partial charge in [-0.2, -0.15) is 0 Å². The largest absolute Gasteiger partial charge is 0.481 e. The molecule has 0 aliphatic heterocycles. The lowest BCUT2D eigenvalue weighted by Gasteiger charge is -2.22. The summed E-state index contributed by atoms with van der Waals surface area (Å²) in [5.74, 6) is 0.374. The van der Waals surface area contributed by atoms with E-state index in [1.54, 1.807) is 0 Å². The summed E-state index contributed by atoms with van der Waals surface area (Å²) < 4.78 is 5.40. The third kappa shape index (κ3) is 5.47. The minimum absolute atomic E-state index is 0.152. The van der Waals surface area contributed by atoms with Gasteiger partial charge in [0.1, 0.15) is 11.5 Å². The number of aryl methyl sites for hydroxylation is 2. The van der Waals surface area contributed by atoms with Crippen molar-refractivity contribution in [1.82, 2.24) is 10.6 Å². The second-order valence-corrected chi connectivity index (χ2v) is 5.48. The van der Waals surface area contributed by atoms with Crippen molar-refractivity contribution in [2.45, 2.75) is 45.8 Å². The molecule has 2 unspecified atom stereocenters. The van der Waals surface area contributed by atoms with Crippen LogP contribution in [0.25, 0.3) is 0 Å². The quantitative estimate of drug-likeness (QED) is 0.635. The lowest BCUT2D eigenvalue weighted by molar-refractivity contribution is -0.141. The molecule has 4 N–H and O–H groups in total. The van der Waals surface area contributed by atoms with E-state index in [0.29, 0.717) is 0 Å². The third-order valence-corrected chi connectivity index (χ3v) is 3.06. The molecule has 0 saturated heterocycles. The van der Waals surface area contributed by atoms with E-state index in [1.807, 2.05) is 26.8 Å². The maximum atomic E-state index is 11.8. The number of amides is 2. The van der Waals surface area contributed by atoms with E-state index in [2.05, 4.69) is 10.6 Å². The highest BCUT2D eigenvalue weighted by Crippen LogP contribution is 2.20. The zero-order valence-corrected chi connectivity index (χ0v) is 12.7. The van der Waals surface area contributed by atoms with E-state index in [9.17, 15) is 14.7 Å². The van der Waals surface area contributed by atoms with Gasteiger partial charge < -0.3 is 25.3 Å².